The summed E-state index contributed by atoms with van der Waals surface area (Å²) in [6.45, 7) is 6.70. The van der Waals surface area contributed by atoms with E-state index in [2.05, 4.69) is 6.58 Å². The average molecular weight is 113 g/mol. The summed E-state index contributed by atoms with van der Waals surface area (Å²) in [5, 5.41) is 0. The molecule has 2 heteroatoms. The molecule has 0 aromatic carbocycles. The zero-order valence-electron chi connectivity index (χ0n) is 5.35. The lowest BCUT2D eigenvalue weighted by Crippen LogP contribution is -2.13. The molecule has 1 aliphatic rings. The van der Waals surface area contributed by atoms with Crippen molar-refractivity contribution in [3.63, 3.8) is 0 Å². The molecule has 1 rings (SSSR count). The first kappa shape index (κ1) is 5.48. The van der Waals surface area contributed by atoms with E-state index in [0.717, 1.165) is 12.4 Å². The van der Waals surface area contributed by atoms with Crippen LogP contribution in [0.1, 0.15) is 6.92 Å². The van der Waals surface area contributed by atoms with Gasteiger partial charge in [-0.15, -0.1) is 0 Å². The second-order valence-electron chi connectivity index (χ2n) is 2.20. The minimum atomic E-state index is 0.326. The normalized spacial score (nSPS) is 28.5. The van der Waals surface area contributed by atoms with Gasteiger partial charge in [0.05, 0.1) is 6.54 Å². The molecule has 1 fully saturated rings. The fourth-order valence-electron chi connectivity index (χ4n) is 0.847. The predicted molar refractivity (Wildman–Crippen MR) is 32.3 cm³/mol. The van der Waals surface area contributed by atoms with Crippen LogP contribution in [0.2, 0.25) is 0 Å². The van der Waals surface area contributed by atoms with Gasteiger partial charge < -0.3 is 9.64 Å². The van der Waals surface area contributed by atoms with Crippen LogP contribution in [-0.4, -0.2) is 24.6 Å². The Morgan fingerprint density at radius 1 is 1.88 bits per heavy atom. The summed E-state index contributed by atoms with van der Waals surface area (Å²) in [4.78, 5) is 2.00. The van der Waals surface area contributed by atoms with Crippen molar-refractivity contribution >= 4 is 0 Å². The molecular weight excluding hydrogens is 102 g/mol. The van der Waals surface area contributed by atoms with Gasteiger partial charge in [-0.3, -0.25) is 0 Å². The van der Waals surface area contributed by atoms with Gasteiger partial charge in [0.2, 0.25) is 0 Å². The number of ether oxygens (including phenoxy) is 1. The Labute approximate surface area is 49.7 Å². The van der Waals surface area contributed by atoms with Gasteiger partial charge in [0.25, 0.3) is 0 Å². The Morgan fingerprint density at radius 2 is 2.50 bits per heavy atom. The quantitative estimate of drug-likeness (QED) is 0.461. The summed E-state index contributed by atoms with van der Waals surface area (Å²) in [6.07, 6.45) is 0.326. The van der Waals surface area contributed by atoms with Crippen LogP contribution in [0.4, 0.5) is 0 Å². The lowest BCUT2D eigenvalue weighted by atomic mass is 10.4. The summed E-state index contributed by atoms with van der Waals surface area (Å²) < 4.78 is 5.20. The maximum atomic E-state index is 5.20. The van der Waals surface area contributed by atoms with E-state index in [9.17, 15) is 0 Å². The van der Waals surface area contributed by atoms with Crippen molar-refractivity contribution in [3.8, 4) is 0 Å². The zero-order chi connectivity index (χ0) is 6.15. The molecule has 0 aromatic rings. The van der Waals surface area contributed by atoms with Gasteiger partial charge in [0, 0.05) is 7.05 Å². The van der Waals surface area contributed by atoms with Crippen LogP contribution in [-0.2, 0) is 4.74 Å². The molecule has 0 N–H and O–H groups in total. The third-order valence-electron chi connectivity index (χ3n) is 1.29. The third kappa shape index (κ3) is 0.782. The Bertz CT molecular complexity index is 111. The summed E-state index contributed by atoms with van der Waals surface area (Å²) in [5.74, 6) is 0.789. The van der Waals surface area contributed by atoms with E-state index < -0.39 is 0 Å². The fourth-order valence-corrected chi connectivity index (χ4v) is 0.847. The van der Waals surface area contributed by atoms with E-state index in [0.29, 0.717) is 6.10 Å². The second kappa shape index (κ2) is 1.69. The molecule has 0 spiro atoms. The summed E-state index contributed by atoms with van der Waals surface area (Å²) in [7, 11) is 1.98. The van der Waals surface area contributed by atoms with Gasteiger partial charge in [-0.1, -0.05) is 0 Å². The summed E-state index contributed by atoms with van der Waals surface area (Å²) in [5.41, 5.74) is 0. The molecule has 1 heterocycles. The monoisotopic (exact) mass is 113 g/mol. The Morgan fingerprint density at radius 3 is 2.62 bits per heavy atom. The fraction of sp³-hybridized carbons (Fsp3) is 0.667. The van der Waals surface area contributed by atoms with Gasteiger partial charge >= 0.3 is 0 Å². The molecule has 1 atom stereocenters. The first-order valence-electron chi connectivity index (χ1n) is 2.77. The van der Waals surface area contributed by atoms with Crippen LogP contribution in [0.3, 0.4) is 0 Å². The molecule has 1 saturated heterocycles. The first-order valence-corrected chi connectivity index (χ1v) is 2.77. The van der Waals surface area contributed by atoms with Crippen LogP contribution in [0.15, 0.2) is 12.5 Å². The lowest BCUT2D eigenvalue weighted by molar-refractivity contribution is 0.179. The van der Waals surface area contributed by atoms with Crippen molar-refractivity contribution in [1.82, 2.24) is 4.90 Å². The Balaban J connectivity index is 2.51. The number of likely N-dealkylation sites (N-methyl/N-ethyl adjacent to an activating group) is 1. The van der Waals surface area contributed by atoms with Crippen LogP contribution in [0.25, 0.3) is 0 Å². The number of nitrogens with zero attached hydrogens (tertiary/aromatic N) is 1. The van der Waals surface area contributed by atoms with Crippen LogP contribution in [0, 0.1) is 0 Å². The standard InChI is InChI=1S/C6H11NO/c1-5-4-7(3)6(2)8-5/h5H,2,4H2,1,3H3/t5-/m0/s1. The van der Waals surface area contributed by atoms with Gasteiger partial charge in [-0.2, -0.15) is 0 Å². The maximum Gasteiger partial charge on any atom is 0.182 e. The average Bonchev–Trinajstić information content (AvgIpc) is 1.85. The summed E-state index contributed by atoms with van der Waals surface area (Å²) in [6, 6.07) is 0. The number of rotatable bonds is 0. The van der Waals surface area contributed by atoms with Crippen molar-refractivity contribution in [1.29, 1.82) is 0 Å². The largest absolute Gasteiger partial charge is 0.475 e. The summed E-state index contributed by atoms with van der Waals surface area (Å²) >= 11 is 0. The number of hydrogen-bond donors (Lipinski definition) is 0. The van der Waals surface area contributed by atoms with Crippen molar-refractivity contribution < 1.29 is 4.74 Å². The molecule has 0 unspecified atom stereocenters. The Kier molecular flexibility index (Phi) is 1.16. The molecule has 0 radical (unpaired) electrons. The molecular formula is C6H11NO. The molecule has 8 heavy (non-hydrogen) atoms. The molecule has 0 saturated carbocycles. The van der Waals surface area contributed by atoms with E-state index in [1.54, 1.807) is 0 Å². The van der Waals surface area contributed by atoms with E-state index in [1.165, 1.54) is 0 Å². The van der Waals surface area contributed by atoms with E-state index in [-0.39, 0.29) is 0 Å². The minimum Gasteiger partial charge on any atom is -0.475 e. The second-order valence-corrected chi connectivity index (χ2v) is 2.20. The molecule has 2 nitrogen and oxygen atoms in total. The van der Waals surface area contributed by atoms with Crippen molar-refractivity contribution in [2.75, 3.05) is 13.6 Å². The third-order valence-corrected chi connectivity index (χ3v) is 1.29. The first-order chi connectivity index (χ1) is 3.70. The van der Waals surface area contributed by atoms with Crippen molar-refractivity contribution in [2.45, 2.75) is 13.0 Å². The Hall–Kier alpha value is -0.660. The van der Waals surface area contributed by atoms with Crippen LogP contribution < -0.4 is 0 Å². The van der Waals surface area contributed by atoms with Gasteiger partial charge in [0.1, 0.15) is 6.10 Å². The van der Waals surface area contributed by atoms with Crippen LogP contribution >= 0.6 is 0 Å². The highest BCUT2D eigenvalue weighted by Crippen LogP contribution is 2.13. The highest BCUT2D eigenvalue weighted by Gasteiger charge is 2.18. The maximum absolute atomic E-state index is 5.20. The molecule has 46 valence electrons. The van der Waals surface area contributed by atoms with E-state index >= 15 is 0 Å². The van der Waals surface area contributed by atoms with Crippen molar-refractivity contribution in [2.24, 2.45) is 0 Å². The van der Waals surface area contributed by atoms with Gasteiger partial charge in [-0.25, -0.2) is 0 Å². The highest BCUT2D eigenvalue weighted by molar-refractivity contribution is 4.89. The molecule has 0 bridgehead atoms. The topological polar surface area (TPSA) is 12.5 Å². The SMILES string of the molecule is C=C1O[C@@H](C)CN1C. The van der Waals surface area contributed by atoms with Gasteiger partial charge in [-0.05, 0) is 13.5 Å². The molecule has 0 amide bonds. The van der Waals surface area contributed by atoms with Gasteiger partial charge in [0.15, 0.2) is 5.88 Å². The molecule has 1 aliphatic heterocycles. The van der Waals surface area contributed by atoms with Crippen LogP contribution in [0.5, 0.6) is 0 Å². The van der Waals surface area contributed by atoms with Crippen molar-refractivity contribution in [3.05, 3.63) is 12.5 Å². The number of hydrogen-bond acceptors (Lipinski definition) is 2. The zero-order valence-corrected chi connectivity index (χ0v) is 5.35. The predicted octanol–water partition coefficient (Wildman–Crippen LogP) is 0.808. The lowest BCUT2D eigenvalue weighted by Gasteiger charge is -2.05. The minimum absolute atomic E-state index is 0.326. The molecule has 0 aliphatic carbocycles. The van der Waals surface area contributed by atoms with E-state index in [4.69, 9.17) is 4.74 Å². The van der Waals surface area contributed by atoms with E-state index in [1.807, 2.05) is 18.9 Å². The molecule has 0 aromatic heterocycles. The highest BCUT2D eigenvalue weighted by atomic mass is 16.5. The smallest absolute Gasteiger partial charge is 0.182 e.